The van der Waals surface area contributed by atoms with Gasteiger partial charge in [0.1, 0.15) is 0 Å². The molecule has 0 aromatic heterocycles. The van der Waals surface area contributed by atoms with Crippen molar-refractivity contribution >= 4 is 17.6 Å². The highest BCUT2D eigenvalue weighted by Crippen LogP contribution is 2.33. The van der Waals surface area contributed by atoms with Gasteiger partial charge in [-0.05, 0) is 48.1 Å². The fourth-order valence-electron chi connectivity index (χ4n) is 3.06. The van der Waals surface area contributed by atoms with Crippen LogP contribution in [0.1, 0.15) is 35.4 Å². The summed E-state index contributed by atoms with van der Waals surface area (Å²) < 4.78 is 0. The van der Waals surface area contributed by atoms with Crippen molar-refractivity contribution in [1.29, 1.82) is 0 Å². The van der Waals surface area contributed by atoms with Crippen molar-refractivity contribution in [3.63, 3.8) is 0 Å². The summed E-state index contributed by atoms with van der Waals surface area (Å²) in [6, 6.07) is 15.5. The minimum absolute atomic E-state index is 0.0215. The maximum Gasteiger partial charge on any atom is 0.303 e. The Hall–Kier alpha value is -2.62. The number of hydrogen-bond acceptors (Lipinski definition) is 2. The molecule has 0 fully saturated rings. The van der Waals surface area contributed by atoms with Crippen LogP contribution in [0.5, 0.6) is 0 Å². The van der Waals surface area contributed by atoms with Crippen LogP contribution in [0.3, 0.4) is 0 Å². The zero-order valence-corrected chi connectivity index (χ0v) is 12.8. The number of nitrogens with one attached hydrogen (secondary N) is 1. The van der Waals surface area contributed by atoms with Crippen LogP contribution in [-0.4, -0.2) is 17.0 Å². The van der Waals surface area contributed by atoms with Crippen LogP contribution in [0.2, 0.25) is 0 Å². The van der Waals surface area contributed by atoms with Crippen molar-refractivity contribution in [2.45, 2.75) is 31.6 Å². The Bertz CT molecular complexity index is 722. The van der Waals surface area contributed by atoms with Gasteiger partial charge < -0.3 is 10.4 Å². The van der Waals surface area contributed by atoms with Gasteiger partial charge in [0.25, 0.3) is 0 Å². The van der Waals surface area contributed by atoms with Crippen LogP contribution >= 0.6 is 0 Å². The second-order valence-electron chi connectivity index (χ2n) is 5.87. The molecule has 1 aliphatic rings. The summed E-state index contributed by atoms with van der Waals surface area (Å²) in [5, 5.41) is 11.7. The number of carboxylic acids is 1. The third kappa shape index (κ3) is 3.59. The van der Waals surface area contributed by atoms with Crippen molar-refractivity contribution in [2.75, 3.05) is 5.32 Å². The van der Waals surface area contributed by atoms with Crippen molar-refractivity contribution in [2.24, 2.45) is 0 Å². The molecule has 0 aliphatic heterocycles. The molecule has 0 bridgehead atoms. The van der Waals surface area contributed by atoms with Gasteiger partial charge in [-0.2, -0.15) is 0 Å². The average Bonchev–Trinajstić information content (AvgIpc) is 2.98. The number of rotatable bonds is 5. The highest BCUT2D eigenvalue weighted by atomic mass is 16.4. The Balaban J connectivity index is 1.63. The van der Waals surface area contributed by atoms with Gasteiger partial charge >= 0.3 is 5.97 Å². The topological polar surface area (TPSA) is 66.4 Å². The van der Waals surface area contributed by atoms with Crippen molar-refractivity contribution < 1.29 is 14.7 Å². The van der Waals surface area contributed by atoms with E-state index in [9.17, 15) is 9.59 Å². The predicted molar refractivity (Wildman–Crippen MR) is 88.5 cm³/mol. The van der Waals surface area contributed by atoms with E-state index in [0.29, 0.717) is 6.42 Å². The molecule has 118 valence electrons. The predicted octanol–water partition coefficient (Wildman–Crippen LogP) is 3.37. The standard InChI is InChI=1S/C19H19NO3/c21-18(22)12-7-13-5-9-15(10-6-13)20-19(23)17-11-8-14-3-1-2-4-16(14)17/h1-6,9-10,17H,7-8,11-12H2,(H,20,23)(H,21,22). The Morgan fingerprint density at radius 1 is 1.09 bits per heavy atom. The highest BCUT2D eigenvalue weighted by Gasteiger charge is 2.28. The van der Waals surface area contributed by atoms with E-state index in [-0.39, 0.29) is 18.2 Å². The van der Waals surface area contributed by atoms with E-state index in [1.54, 1.807) is 0 Å². The first-order valence-corrected chi connectivity index (χ1v) is 7.83. The maximum absolute atomic E-state index is 12.5. The largest absolute Gasteiger partial charge is 0.481 e. The van der Waals surface area contributed by atoms with Gasteiger partial charge in [-0.15, -0.1) is 0 Å². The summed E-state index contributed by atoms with van der Waals surface area (Å²) in [5.41, 5.74) is 4.09. The molecule has 1 atom stereocenters. The van der Waals surface area contributed by atoms with Gasteiger partial charge in [0.05, 0.1) is 5.92 Å². The molecule has 1 unspecified atom stereocenters. The molecule has 1 amide bonds. The number of benzene rings is 2. The minimum Gasteiger partial charge on any atom is -0.481 e. The van der Waals surface area contributed by atoms with E-state index in [1.165, 1.54) is 5.56 Å². The number of anilines is 1. The number of carboxylic acid groups (broad SMARTS) is 1. The monoisotopic (exact) mass is 309 g/mol. The van der Waals surface area contributed by atoms with Crippen molar-refractivity contribution in [3.05, 3.63) is 65.2 Å². The molecule has 4 heteroatoms. The number of aryl methyl sites for hydroxylation is 2. The molecule has 0 radical (unpaired) electrons. The molecule has 3 rings (SSSR count). The van der Waals surface area contributed by atoms with Crippen molar-refractivity contribution in [3.8, 4) is 0 Å². The van der Waals surface area contributed by atoms with Crippen LogP contribution in [-0.2, 0) is 22.4 Å². The third-order valence-corrected chi connectivity index (χ3v) is 4.30. The molecule has 0 spiro atoms. The zero-order chi connectivity index (χ0) is 16.2. The summed E-state index contributed by atoms with van der Waals surface area (Å²) in [5.74, 6) is -0.867. The zero-order valence-electron chi connectivity index (χ0n) is 12.8. The lowest BCUT2D eigenvalue weighted by molar-refractivity contribution is -0.137. The summed E-state index contributed by atoms with van der Waals surface area (Å²) in [7, 11) is 0. The first kappa shape index (κ1) is 15.3. The van der Waals surface area contributed by atoms with Gasteiger partial charge in [-0.25, -0.2) is 0 Å². The van der Waals surface area contributed by atoms with Crippen LogP contribution in [0, 0.1) is 0 Å². The second-order valence-corrected chi connectivity index (χ2v) is 5.87. The van der Waals surface area contributed by atoms with Gasteiger partial charge in [-0.3, -0.25) is 9.59 Å². The van der Waals surface area contributed by atoms with Gasteiger partial charge in [-0.1, -0.05) is 36.4 Å². The molecule has 2 N–H and O–H groups in total. The van der Waals surface area contributed by atoms with E-state index >= 15 is 0 Å². The number of aliphatic carboxylic acids is 1. The first-order chi connectivity index (χ1) is 11.1. The Morgan fingerprint density at radius 3 is 2.57 bits per heavy atom. The van der Waals surface area contributed by atoms with Crippen LogP contribution < -0.4 is 5.32 Å². The minimum atomic E-state index is -0.803. The summed E-state index contributed by atoms with van der Waals surface area (Å²) in [4.78, 5) is 23.1. The number of amides is 1. The van der Waals surface area contributed by atoms with Crippen LogP contribution in [0.15, 0.2) is 48.5 Å². The quantitative estimate of drug-likeness (QED) is 0.890. The summed E-state index contributed by atoms with van der Waals surface area (Å²) in [6.45, 7) is 0. The number of fused-ring (bicyclic) bond motifs is 1. The molecule has 4 nitrogen and oxygen atoms in total. The van der Waals surface area contributed by atoms with E-state index in [0.717, 1.165) is 29.7 Å². The number of carbonyl (C=O) groups excluding carboxylic acids is 1. The van der Waals surface area contributed by atoms with Gasteiger partial charge in [0, 0.05) is 12.1 Å². The Kier molecular flexibility index (Phi) is 4.42. The molecule has 2 aromatic carbocycles. The molecule has 1 aliphatic carbocycles. The fourth-order valence-corrected chi connectivity index (χ4v) is 3.06. The summed E-state index contributed by atoms with van der Waals surface area (Å²) in [6.07, 6.45) is 2.41. The Morgan fingerprint density at radius 2 is 1.83 bits per heavy atom. The molecule has 23 heavy (non-hydrogen) atoms. The maximum atomic E-state index is 12.5. The number of hydrogen-bond donors (Lipinski definition) is 2. The van der Waals surface area contributed by atoms with Crippen LogP contribution in [0.4, 0.5) is 5.69 Å². The lowest BCUT2D eigenvalue weighted by Crippen LogP contribution is -2.19. The van der Waals surface area contributed by atoms with Gasteiger partial charge in [0.15, 0.2) is 0 Å². The lowest BCUT2D eigenvalue weighted by Gasteiger charge is -2.12. The highest BCUT2D eigenvalue weighted by molar-refractivity contribution is 5.96. The number of carbonyl (C=O) groups is 2. The van der Waals surface area contributed by atoms with E-state index in [1.807, 2.05) is 42.5 Å². The third-order valence-electron chi connectivity index (χ3n) is 4.30. The van der Waals surface area contributed by atoms with Crippen LogP contribution in [0.25, 0.3) is 0 Å². The SMILES string of the molecule is O=C(O)CCc1ccc(NC(=O)C2CCc3ccccc32)cc1. The van der Waals surface area contributed by atoms with E-state index in [4.69, 9.17) is 5.11 Å². The van der Waals surface area contributed by atoms with E-state index in [2.05, 4.69) is 11.4 Å². The molecular weight excluding hydrogens is 290 g/mol. The molecular formula is C19H19NO3. The fraction of sp³-hybridized carbons (Fsp3) is 0.263. The second kappa shape index (κ2) is 6.65. The molecule has 0 heterocycles. The molecule has 0 saturated heterocycles. The lowest BCUT2D eigenvalue weighted by atomic mass is 10.0. The molecule has 0 saturated carbocycles. The van der Waals surface area contributed by atoms with Crippen molar-refractivity contribution in [1.82, 2.24) is 0 Å². The average molecular weight is 309 g/mol. The van der Waals surface area contributed by atoms with Gasteiger partial charge in [0.2, 0.25) is 5.91 Å². The summed E-state index contributed by atoms with van der Waals surface area (Å²) >= 11 is 0. The smallest absolute Gasteiger partial charge is 0.303 e. The Labute approximate surface area is 135 Å². The normalized spacial score (nSPS) is 15.9. The van der Waals surface area contributed by atoms with E-state index < -0.39 is 5.97 Å². The molecule has 2 aromatic rings. The first-order valence-electron chi connectivity index (χ1n) is 7.83.